The molecule has 0 saturated carbocycles. The highest BCUT2D eigenvalue weighted by atomic mass is 16.6. The lowest BCUT2D eigenvalue weighted by Crippen LogP contribution is -2.24. The number of esters is 2. The van der Waals surface area contributed by atoms with E-state index < -0.39 is 0 Å². The van der Waals surface area contributed by atoms with Crippen LogP contribution in [0.2, 0.25) is 0 Å². The maximum absolute atomic E-state index is 11.0. The van der Waals surface area contributed by atoms with Gasteiger partial charge in [-0.05, 0) is 19.3 Å². The van der Waals surface area contributed by atoms with E-state index in [0.29, 0.717) is 6.61 Å². The summed E-state index contributed by atoms with van der Waals surface area (Å²) in [6.07, 6.45) is 2.45. The van der Waals surface area contributed by atoms with Gasteiger partial charge in [0.25, 0.3) is 0 Å². The summed E-state index contributed by atoms with van der Waals surface area (Å²) in [6, 6.07) is 0. The highest BCUT2D eigenvalue weighted by molar-refractivity contribution is 5.71. The van der Waals surface area contributed by atoms with Gasteiger partial charge in [0.15, 0.2) is 0 Å². The van der Waals surface area contributed by atoms with Gasteiger partial charge in [0, 0.05) is 6.92 Å². The van der Waals surface area contributed by atoms with Gasteiger partial charge in [-0.2, -0.15) is 0 Å². The molecule has 1 rings (SSSR count). The first-order valence-electron chi connectivity index (χ1n) is 4.51. The van der Waals surface area contributed by atoms with Crippen molar-refractivity contribution in [3.05, 3.63) is 0 Å². The number of carbonyl (C=O) groups excluding carboxylic acids is 2. The molecule has 4 nitrogen and oxygen atoms in total. The Morgan fingerprint density at radius 1 is 1.54 bits per heavy atom. The summed E-state index contributed by atoms with van der Waals surface area (Å²) in [5.41, 5.74) is 0. The van der Waals surface area contributed by atoms with Gasteiger partial charge in [0.05, 0.1) is 13.0 Å². The molecule has 1 heterocycles. The van der Waals surface area contributed by atoms with E-state index in [1.165, 1.54) is 6.92 Å². The largest absolute Gasteiger partial charge is 0.466 e. The third-order valence-electron chi connectivity index (χ3n) is 1.91. The molecule has 4 heteroatoms. The van der Waals surface area contributed by atoms with Gasteiger partial charge in [-0.1, -0.05) is 0 Å². The molecule has 74 valence electrons. The second kappa shape index (κ2) is 4.84. The minimum atomic E-state index is -0.335. The highest BCUT2D eigenvalue weighted by Crippen LogP contribution is 2.13. The van der Waals surface area contributed by atoms with E-state index in [1.54, 1.807) is 0 Å². The first-order chi connectivity index (χ1) is 6.18. The van der Waals surface area contributed by atoms with Gasteiger partial charge < -0.3 is 9.47 Å². The summed E-state index contributed by atoms with van der Waals surface area (Å²) < 4.78 is 9.82. The summed E-state index contributed by atoms with van der Waals surface area (Å²) in [4.78, 5) is 21.7. The molecule has 1 aliphatic heterocycles. The van der Waals surface area contributed by atoms with E-state index in [0.717, 1.165) is 19.3 Å². The maximum atomic E-state index is 11.0. The van der Waals surface area contributed by atoms with Crippen LogP contribution in [0.4, 0.5) is 0 Å². The molecule has 1 saturated heterocycles. The van der Waals surface area contributed by atoms with Gasteiger partial charge in [-0.15, -0.1) is 0 Å². The van der Waals surface area contributed by atoms with Crippen molar-refractivity contribution >= 4 is 11.9 Å². The standard InChI is InChI=1S/C9H14O4/c1-7(10)13-8-4-2-3-5-12-9(11)6-8/h8H,2-6H2,1H3. The van der Waals surface area contributed by atoms with Gasteiger partial charge in [0.1, 0.15) is 6.10 Å². The Bertz CT molecular complexity index is 200. The number of hydrogen-bond donors (Lipinski definition) is 0. The molecular formula is C9H14O4. The fraction of sp³-hybridized carbons (Fsp3) is 0.778. The van der Waals surface area contributed by atoms with Crippen LogP contribution in [0.25, 0.3) is 0 Å². The van der Waals surface area contributed by atoms with Crippen LogP contribution in [0.3, 0.4) is 0 Å². The lowest BCUT2D eigenvalue weighted by atomic mass is 10.1. The second-order valence-corrected chi connectivity index (χ2v) is 3.15. The van der Waals surface area contributed by atoms with E-state index >= 15 is 0 Å². The smallest absolute Gasteiger partial charge is 0.309 e. The molecular weight excluding hydrogens is 172 g/mol. The van der Waals surface area contributed by atoms with Crippen molar-refractivity contribution < 1.29 is 19.1 Å². The molecule has 0 spiro atoms. The van der Waals surface area contributed by atoms with Crippen molar-refractivity contribution in [2.24, 2.45) is 0 Å². The number of ether oxygens (including phenoxy) is 2. The van der Waals surface area contributed by atoms with Crippen LogP contribution in [0, 0.1) is 0 Å². The number of rotatable bonds is 1. The Hall–Kier alpha value is -1.06. The molecule has 1 unspecified atom stereocenters. The van der Waals surface area contributed by atoms with Crippen LogP contribution in [0.15, 0.2) is 0 Å². The average Bonchev–Trinajstić information content (AvgIpc) is 1.98. The normalized spacial score (nSPS) is 24.1. The summed E-state index contributed by atoms with van der Waals surface area (Å²) in [5.74, 6) is -0.607. The first-order valence-corrected chi connectivity index (χ1v) is 4.51. The SMILES string of the molecule is CC(=O)OC1CCCCOC(=O)C1. The molecule has 0 aromatic heterocycles. The zero-order valence-electron chi connectivity index (χ0n) is 7.75. The lowest BCUT2D eigenvalue weighted by molar-refractivity contribution is -0.155. The van der Waals surface area contributed by atoms with Crippen molar-refractivity contribution in [3.8, 4) is 0 Å². The van der Waals surface area contributed by atoms with E-state index in [9.17, 15) is 9.59 Å². The van der Waals surface area contributed by atoms with Crippen molar-refractivity contribution in [2.75, 3.05) is 6.61 Å². The van der Waals surface area contributed by atoms with Crippen molar-refractivity contribution in [2.45, 2.75) is 38.7 Å². The van der Waals surface area contributed by atoms with Crippen molar-refractivity contribution in [3.63, 3.8) is 0 Å². The predicted molar refractivity (Wildman–Crippen MR) is 45.0 cm³/mol. The summed E-state index contributed by atoms with van der Waals surface area (Å²) in [6.45, 7) is 1.84. The van der Waals surface area contributed by atoms with Crippen LogP contribution in [0.5, 0.6) is 0 Å². The molecule has 0 aliphatic carbocycles. The van der Waals surface area contributed by atoms with Crippen LogP contribution >= 0.6 is 0 Å². The summed E-state index contributed by atoms with van der Waals surface area (Å²) in [7, 11) is 0. The average molecular weight is 186 g/mol. The molecule has 1 aliphatic rings. The maximum Gasteiger partial charge on any atom is 0.309 e. The molecule has 13 heavy (non-hydrogen) atoms. The van der Waals surface area contributed by atoms with E-state index in [2.05, 4.69) is 0 Å². The molecule has 0 radical (unpaired) electrons. The molecule has 0 aromatic rings. The lowest BCUT2D eigenvalue weighted by Gasteiger charge is -2.18. The molecule has 1 atom stereocenters. The van der Waals surface area contributed by atoms with E-state index in [-0.39, 0.29) is 24.5 Å². The van der Waals surface area contributed by atoms with Crippen LogP contribution in [-0.2, 0) is 19.1 Å². The zero-order valence-corrected chi connectivity index (χ0v) is 7.75. The third kappa shape index (κ3) is 3.92. The van der Waals surface area contributed by atoms with Crippen LogP contribution in [-0.4, -0.2) is 24.6 Å². The topological polar surface area (TPSA) is 52.6 Å². The molecule has 0 N–H and O–H groups in total. The Balaban J connectivity index is 2.41. The monoisotopic (exact) mass is 186 g/mol. The Kier molecular flexibility index (Phi) is 3.73. The first kappa shape index (κ1) is 10.0. The van der Waals surface area contributed by atoms with Gasteiger partial charge in [0.2, 0.25) is 0 Å². The Morgan fingerprint density at radius 2 is 2.31 bits per heavy atom. The summed E-state index contributed by atoms with van der Waals surface area (Å²) in [5, 5.41) is 0. The van der Waals surface area contributed by atoms with E-state index in [4.69, 9.17) is 9.47 Å². The second-order valence-electron chi connectivity index (χ2n) is 3.15. The number of cyclic esters (lactones) is 1. The molecule has 1 fully saturated rings. The highest BCUT2D eigenvalue weighted by Gasteiger charge is 2.19. The molecule has 0 amide bonds. The number of hydrogen-bond acceptors (Lipinski definition) is 4. The molecule has 0 aromatic carbocycles. The van der Waals surface area contributed by atoms with Crippen molar-refractivity contribution in [1.82, 2.24) is 0 Å². The molecule has 0 bridgehead atoms. The predicted octanol–water partition coefficient (Wildman–Crippen LogP) is 1.04. The van der Waals surface area contributed by atoms with E-state index in [1.807, 2.05) is 0 Å². The zero-order chi connectivity index (χ0) is 9.68. The quantitative estimate of drug-likeness (QED) is 0.574. The minimum absolute atomic E-state index is 0.194. The fourth-order valence-corrected chi connectivity index (χ4v) is 1.34. The van der Waals surface area contributed by atoms with Gasteiger partial charge in [-0.25, -0.2) is 0 Å². The van der Waals surface area contributed by atoms with Crippen LogP contribution < -0.4 is 0 Å². The minimum Gasteiger partial charge on any atom is -0.466 e. The van der Waals surface area contributed by atoms with Gasteiger partial charge >= 0.3 is 11.9 Å². The fourth-order valence-electron chi connectivity index (χ4n) is 1.34. The van der Waals surface area contributed by atoms with Gasteiger partial charge in [-0.3, -0.25) is 9.59 Å². The Labute approximate surface area is 77.2 Å². The Morgan fingerprint density at radius 3 is 3.00 bits per heavy atom. The number of carbonyl (C=O) groups is 2. The summed E-state index contributed by atoms with van der Waals surface area (Å²) >= 11 is 0. The van der Waals surface area contributed by atoms with Crippen molar-refractivity contribution in [1.29, 1.82) is 0 Å². The third-order valence-corrected chi connectivity index (χ3v) is 1.91. The van der Waals surface area contributed by atoms with Crippen LogP contribution in [0.1, 0.15) is 32.6 Å².